The lowest BCUT2D eigenvalue weighted by Crippen LogP contribution is -2.63. The molecule has 1 heterocycles. The van der Waals surface area contributed by atoms with Crippen LogP contribution in [0.15, 0.2) is 42.5 Å². The van der Waals surface area contributed by atoms with Gasteiger partial charge in [0.1, 0.15) is 11.3 Å². The number of carbonyl (C=O) groups is 3. The SMILES string of the molecule is CCOc1cc(C(=O)NC2(C(=O)NCc3ccc(Cl)cc3)CCN(C(=O)CN)CC2)ccc1CC. The molecule has 0 radical (unpaired) electrons. The number of carbonyl (C=O) groups excluding carboxylic acids is 3. The van der Waals surface area contributed by atoms with Gasteiger partial charge in [-0.15, -0.1) is 0 Å². The average Bonchev–Trinajstić information content (AvgIpc) is 2.88. The van der Waals surface area contributed by atoms with Gasteiger partial charge in [-0.1, -0.05) is 36.7 Å². The molecule has 8 nitrogen and oxygen atoms in total. The molecular formula is C26H33ClN4O4. The molecule has 0 spiro atoms. The van der Waals surface area contributed by atoms with Crippen molar-refractivity contribution < 1.29 is 19.1 Å². The van der Waals surface area contributed by atoms with E-state index in [-0.39, 0.29) is 37.1 Å². The first-order chi connectivity index (χ1) is 16.8. The topological polar surface area (TPSA) is 114 Å². The Morgan fingerprint density at radius 2 is 1.77 bits per heavy atom. The third-order valence-electron chi connectivity index (χ3n) is 6.31. The van der Waals surface area contributed by atoms with Crippen molar-refractivity contribution in [3.8, 4) is 5.75 Å². The number of nitrogens with one attached hydrogen (secondary N) is 2. The molecule has 0 unspecified atom stereocenters. The Kier molecular flexibility index (Phi) is 9.12. The number of piperidine rings is 1. The summed E-state index contributed by atoms with van der Waals surface area (Å²) >= 11 is 5.95. The van der Waals surface area contributed by atoms with Crippen LogP contribution in [0.3, 0.4) is 0 Å². The van der Waals surface area contributed by atoms with Crippen LogP contribution in [-0.2, 0) is 22.6 Å². The van der Waals surface area contributed by atoms with Crippen molar-refractivity contribution in [3.05, 3.63) is 64.2 Å². The minimum atomic E-state index is -1.16. The normalized spacial score (nSPS) is 14.8. The number of amides is 3. The van der Waals surface area contributed by atoms with Crippen molar-refractivity contribution >= 4 is 29.3 Å². The predicted molar refractivity (Wildman–Crippen MR) is 135 cm³/mol. The van der Waals surface area contributed by atoms with Gasteiger partial charge in [0.05, 0.1) is 13.2 Å². The minimum absolute atomic E-state index is 0.0912. The van der Waals surface area contributed by atoms with Crippen molar-refractivity contribution in [2.45, 2.75) is 45.2 Å². The van der Waals surface area contributed by atoms with Gasteiger partial charge < -0.3 is 26.0 Å². The molecule has 4 N–H and O–H groups in total. The van der Waals surface area contributed by atoms with Gasteiger partial charge in [0.15, 0.2) is 0 Å². The maximum atomic E-state index is 13.4. The highest BCUT2D eigenvalue weighted by Crippen LogP contribution is 2.26. The zero-order chi connectivity index (χ0) is 25.4. The molecule has 2 aromatic rings. The van der Waals surface area contributed by atoms with Crippen LogP contribution in [0.1, 0.15) is 48.2 Å². The summed E-state index contributed by atoms with van der Waals surface area (Å²) < 4.78 is 5.71. The van der Waals surface area contributed by atoms with Crippen LogP contribution in [0.2, 0.25) is 5.02 Å². The number of ether oxygens (including phenoxy) is 1. The van der Waals surface area contributed by atoms with Crippen molar-refractivity contribution in [2.24, 2.45) is 5.73 Å². The Bertz CT molecular complexity index is 1050. The quantitative estimate of drug-likeness (QED) is 0.490. The van der Waals surface area contributed by atoms with E-state index in [1.54, 1.807) is 29.2 Å². The van der Waals surface area contributed by atoms with E-state index in [0.29, 0.717) is 42.6 Å². The molecule has 1 fully saturated rings. The van der Waals surface area contributed by atoms with E-state index in [1.807, 2.05) is 32.0 Å². The molecule has 0 aliphatic carbocycles. The monoisotopic (exact) mass is 500 g/mol. The van der Waals surface area contributed by atoms with Crippen LogP contribution >= 0.6 is 11.6 Å². The molecular weight excluding hydrogens is 468 g/mol. The summed E-state index contributed by atoms with van der Waals surface area (Å²) in [6, 6.07) is 12.5. The Hall–Kier alpha value is -3.10. The van der Waals surface area contributed by atoms with Crippen LogP contribution in [0.25, 0.3) is 0 Å². The zero-order valence-corrected chi connectivity index (χ0v) is 21.0. The maximum absolute atomic E-state index is 13.4. The average molecular weight is 501 g/mol. The zero-order valence-electron chi connectivity index (χ0n) is 20.2. The molecule has 1 aliphatic heterocycles. The van der Waals surface area contributed by atoms with Crippen molar-refractivity contribution in [3.63, 3.8) is 0 Å². The second-order valence-corrected chi connectivity index (χ2v) is 8.98. The summed E-state index contributed by atoms with van der Waals surface area (Å²) in [7, 11) is 0. The molecule has 3 rings (SSSR count). The summed E-state index contributed by atoms with van der Waals surface area (Å²) in [6.45, 7) is 5.24. The molecule has 0 aromatic heterocycles. The fourth-order valence-corrected chi connectivity index (χ4v) is 4.32. The largest absolute Gasteiger partial charge is 0.494 e. The van der Waals surface area contributed by atoms with E-state index in [9.17, 15) is 14.4 Å². The number of nitrogens with zero attached hydrogens (tertiary/aromatic N) is 1. The van der Waals surface area contributed by atoms with E-state index in [4.69, 9.17) is 22.1 Å². The first-order valence-corrected chi connectivity index (χ1v) is 12.3. The Balaban J connectivity index is 1.80. The van der Waals surface area contributed by atoms with Crippen molar-refractivity contribution in [1.29, 1.82) is 0 Å². The summed E-state index contributed by atoms with van der Waals surface area (Å²) in [4.78, 5) is 40.4. The predicted octanol–water partition coefficient (Wildman–Crippen LogP) is 2.67. The first-order valence-electron chi connectivity index (χ1n) is 11.9. The van der Waals surface area contributed by atoms with Crippen molar-refractivity contribution in [1.82, 2.24) is 15.5 Å². The van der Waals surface area contributed by atoms with E-state index in [1.165, 1.54) is 0 Å². The van der Waals surface area contributed by atoms with E-state index in [2.05, 4.69) is 10.6 Å². The summed E-state index contributed by atoms with van der Waals surface area (Å²) in [5.74, 6) is -0.181. The molecule has 2 aromatic carbocycles. The highest BCUT2D eigenvalue weighted by Gasteiger charge is 2.43. The number of rotatable bonds is 9. The fraction of sp³-hybridized carbons (Fsp3) is 0.423. The smallest absolute Gasteiger partial charge is 0.252 e. The molecule has 1 aliphatic rings. The number of aryl methyl sites for hydroxylation is 1. The number of likely N-dealkylation sites (tertiary alicyclic amines) is 1. The van der Waals surface area contributed by atoms with Gasteiger partial charge >= 0.3 is 0 Å². The lowest BCUT2D eigenvalue weighted by molar-refractivity contribution is -0.136. The molecule has 9 heteroatoms. The van der Waals surface area contributed by atoms with Gasteiger partial charge in [-0.05, 0) is 61.6 Å². The molecule has 35 heavy (non-hydrogen) atoms. The van der Waals surface area contributed by atoms with Crippen LogP contribution in [0.4, 0.5) is 0 Å². The lowest BCUT2D eigenvalue weighted by atomic mass is 9.85. The number of hydrogen-bond donors (Lipinski definition) is 3. The van der Waals surface area contributed by atoms with Gasteiger partial charge in [0, 0.05) is 30.2 Å². The first kappa shape index (κ1) is 26.5. The summed E-state index contributed by atoms with van der Waals surface area (Å²) in [6.07, 6.45) is 1.34. The van der Waals surface area contributed by atoms with Crippen molar-refractivity contribution in [2.75, 3.05) is 26.2 Å². The van der Waals surface area contributed by atoms with Gasteiger partial charge in [-0.3, -0.25) is 14.4 Å². The number of benzene rings is 2. The third-order valence-corrected chi connectivity index (χ3v) is 6.56. The van der Waals surface area contributed by atoms with E-state index >= 15 is 0 Å². The number of halogens is 1. The number of hydrogen-bond acceptors (Lipinski definition) is 5. The molecule has 0 bridgehead atoms. The third kappa shape index (κ3) is 6.52. The molecule has 188 valence electrons. The van der Waals surface area contributed by atoms with Crippen LogP contribution in [-0.4, -0.2) is 54.4 Å². The van der Waals surface area contributed by atoms with E-state index < -0.39 is 5.54 Å². The summed E-state index contributed by atoms with van der Waals surface area (Å²) in [5, 5.41) is 6.54. The lowest BCUT2D eigenvalue weighted by Gasteiger charge is -2.41. The second kappa shape index (κ2) is 12.0. The van der Waals surface area contributed by atoms with Crippen LogP contribution in [0.5, 0.6) is 5.75 Å². The Labute approximate surface area is 211 Å². The number of nitrogens with two attached hydrogens (primary N) is 1. The maximum Gasteiger partial charge on any atom is 0.252 e. The highest BCUT2D eigenvalue weighted by atomic mass is 35.5. The molecule has 1 saturated heterocycles. The van der Waals surface area contributed by atoms with Gasteiger partial charge in [-0.2, -0.15) is 0 Å². The standard InChI is InChI=1S/C26H33ClN4O4/c1-3-19-7-8-20(15-22(19)35-4-2)24(33)30-26(11-13-31(14-12-26)23(32)16-28)25(34)29-17-18-5-9-21(27)10-6-18/h5-10,15H,3-4,11-14,16-17,28H2,1-2H3,(H,29,34)(H,30,33). The minimum Gasteiger partial charge on any atom is -0.494 e. The molecule has 0 saturated carbocycles. The fourth-order valence-electron chi connectivity index (χ4n) is 4.20. The van der Waals surface area contributed by atoms with Crippen LogP contribution in [0, 0.1) is 0 Å². The van der Waals surface area contributed by atoms with Gasteiger partial charge in [-0.25, -0.2) is 0 Å². The van der Waals surface area contributed by atoms with Crippen LogP contribution < -0.4 is 21.1 Å². The molecule has 3 amide bonds. The highest BCUT2D eigenvalue weighted by molar-refractivity contribution is 6.30. The Morgan fingerprint density at radius 1 is 1.09 bits per heavy atom. The summed E-state index contributed by atoms with van der Waals surface area (Å²) in [5.41, 5.74) is 6.65. The van der Waals surface area contributed by atoms with Gasteiger partial charge in [0.25, 0.3) is 5.91 Å². The van der Waals surface area contributed by atoms with Gasteiger partial charge in [0.2, 0.25) is 11.8 Å². The molecule has 0 atom stereocenters. The van der Waals surface area contributed by atoms with E-state index in [0.717, 1.165) is 17.5 Å². The Morgan fingerprint density at radius 3 is 2.37 bits per heavy atom. The second-order valence-electron chi connectivity index (χ2n) is 8.54.